The van der Waals surface area contributed by atoms with Crippen molar-refractivity contribution in [2.24, 2.45) is 0 Å². The van der Waals surface area contributed by atoms with Crippen LogP contribution in [0.4, 0.5) is 5.69 Å². The third-order valence-corrected chi connectivity index (χ3v) is 7.11. The second kappa shape index (κ2) is 6.11. The SMILES string of the molecule is Cc1nc(-c2cccc(NS(=O)(=O)c3ccc(Br)s3)c2)cs1. The van der Waals surface area contributed by atoms with Gasteiger partial charge in [-0.1, -0.05) is 12.1 Å². The number of halogens is 1. The molecule has 1 N–H and O–H groups in total. The quantitative estimate of drug-likeness (QED) is 0.670. The molecule has 0 saturated heterocycles. The van der Waals surface area contributed by atoms with Gasteiger partial charge < -0.3 is 0 Å². The van der Waals surface area contributed by atoms with Gasteiger partial charge >= 0.3 is 0 Å². The van der Waals surface area contributed by atoms with Crippen molar-refractivity contribution in [3.63, 3.8) is 0 Å². The van der Waals surface area contributed by atoms with Gasteiger partial charge in [0.15, 0.2) is 0 Å². The summed E-state index contributed by atoms with van der Waals surface area (Å²) in [5.41, 5.74) is 2.26. The van der Waals surface area contributed by atoms with Crippen LogP contribution in [0.2, 0.25) is 0 Å². The number of benzene rings is 1. The molecular formula is C14H11BrN2O2S3. The number of hydrogen-bond donors (Lipinski definition) is 1. The van der Waals surface area contributed by atoms with Crippen LogP contribution in [0, 0.1) is 6.92 Å². The number of aryl methyl sites for hydroxylation is 1. The lowest BCUT2D eigenvalue weighted by atomic mass is 10.1. The molecule has 0 radical (unpaired) electrons. The van der Waals surface area contributed by atoms with E-state index in [1.54, 1.807) is 35.6 Å². The van der Waals surface area contributed by atoms with E-state index in [4.69, 9.17) is 0 Å². The van der Waals surface area contributed by atoms with Crippen LogP contribution in [-0.4, -0.2) is 13.4 Å². The molecule has 114 valence electrons. The highest BCUT2D eigenvalue weighted by atomic mass is 79.9. The Morgan fingerprint density at radius 2 is 2.05 bits per heavy atom. The number of aromatic nitrogens is 1. The monoisotopic (exact) mass is 414 g/mol. The predicted octanol–water partition coefficient (Wildman–Crippen LogP) is 4.74. The summed E-state index contributed by atoms with van der Waals surface area (Å²) in [6, 6.07) is 10.5. The predicted molar refractivity (Wildman–Crippen MR) is 95.1 cm³/mol. The average Bonchev–Trinajstić information content (AvgIpc) is 3.08. The highest BCUT2D eigenvalue weighted by Gasteiger charge is 2.17. The second-order valence-corrected chi connectivity index (χ2v) is 9.93. The molecule has 0 saturated carbocycles. The third kappa shape index (κ3) is 3.40. The van der Waals surface area contributed by atoms with Crippen LogP contribution in [-0.2, 0) is 10.0 Å². The van der Waals surface area contributed by atoms with Gasteiger partial charge in [0.05, 0.1) is 14.5 Å². The Morgan fingerprint density at radius 1 is 1.23 bits per heavy atom. The molecule has 0 aliphatic rings. The van der Waals surface area contributed by atoms with Gasteiger partial charge in [-0.05, 0) is 47.1 Å². The molecule has 0 amide bonds. The lowest BCUT2D eigenvalue weighted by Crippen LogP contribution is -2.11. The third-order valence-electron chi connectivity index (χ3n) is 2.84. The van der Waals surface area contributed by atoms with E-state index in [9.17, 15) is 8.42 Å². The molecule has 3 aromatic rings. The van der Waals surface area contributed by atoms with Gasteiger partial charge in [-0.15, -0.1) is 22.7 Å². The first kappa shape index (κ1) is 15.7. The maximum atomic E-state index is 12.3. The van der Waals surface area contributed by atoms with Crippen LogP contribution < -0.4 is 4.72 Å². The van der Waals surface area contributed by atoms with Gasteiger partial charge in [0.25, 0.3) is 10.0 Å². The normalized spacial score (nSPS) is 11.5. The summed E-state index contributed by atoms with van der Waals surface area (Å²) in [6.07, 6.45) is 0. The first-order valence-corrected chi connectivity index (χ1v) is 10.2. The van der Waals surface area contributed by atoms with Crippen LogP contribution in [0.25, 0.3) is 11.3 Å². The van der Waals surface area contributed by atoms with Gasteiger partial charge in [0, 0.05) is 16.6 Å². The van der Waals surface area contributed by atoms with E-state index in [0.717, 1.165) is 20.1 Å². The Labute approximate surface area is 145 Å². The Hall–Kier alpha value is -1.22. The van der Waals surface area contributed by atoms with Gasteiger partial charge in [0.2, 0.25) is 0 Å². The van der Waals surface area contributed by atoms with Crippen molar-refractivity contribution in [1.82, 2.24) is 4.98 Å². The Bertz CT molecular complexity index is 916. The highest BCUT2D eigenvalue weighted by molar-refractivity contribution is 9.11. The van der Waals surface area contributed by atoms with Crippen LogP contribution in [0.5, 0.6) is 0 Å². The number of anilines is 1. The van der Waals surface area contributed by atoms with Crippen molar-refractivity contribution < 1.29 is 8.42 Å². The molecule has 2 heterocycles. The van der Waals surface area contributed by atoms with Crippen molar-refractivity contribution in [3.8, 4) is 11.3 Å². The highest BCUT2D eigenvalue weighted by Crippen LogP contribution is 2.29. The molecule has 1 aromatic carbocycles. The fraction of sp³-hybridized carbons (Fsp3) is 0.0714. The van der Waals surface area contributed by atoms with Gasteiger partial charge in [-0.2, -0.15) is 0 Å². The number of rotatable bonds is 4. The summed E-state index contributed by atoms with van der Waals surface area (Å²) in [6.45, 7) is 1.94. The van der Waals surface area contributed by atoms with Crippen molar-refractivity contribution in [2.75, 3.05) is 4.72 Å². The molecule has 0 fully saturated rings. The molecule has 22 heavy (non-hydrogen) atoms. The van der Waals surface area contributed by atoms with E-state index >= 15 is 0 Å². The number of thiophene rings is 1. The van der Waals surface area contributed by atoms with E-state index in [1.807, 2.05) is 24.4 Å². The zero-order valence-corrected chi connectivity index (χ0v) is 15.4. The minimum absolute atomic E-state index is 0.272. The summed E-state index contributed by atoms with van der Waals surface area (Å²) in [7, 11) is -3.57. The molecule has 0 aliphatic carbocycles. The minimum atomic E-state index is -3.57. The first-order chi connectivity index (χ1) is 10.4. The Kier molecular flexibility index (Phi) is 4.35. The van der Waals surface area contributed by atoms with Gasteiger partial charge in [-0.3, -0.25) is 4.72 Å². The number of hydrogen-bond acceptors (Lipinski definition) is 5. The molecule has 0 bridgehead atoms. The van der Waals surface area contributed by atoms with Crippen molar-refractivity contribution in [1.29, 1.82) is 0 Å². The van der Waals surface area contributed by atoms with E-state index in [-0.39, 0.29) is 4.21 Å². The average molecular weight is 415 g/mol. The van der Waals surface area contributed by atoms with E-state index in [1.165, 1.54) is 11.3 Å². The maximum absolute atomic E-state index is 12.3. The fourth-order valence-corrected chi connectivity index (χ4v) is 5.57. The second-order valence-electron chi connectivity index (χ2n) is 4.50. The molecule has 2 aromatic heterocycles. The summed E-state index contributed by atoms with van der Waals surface area (Å²) in [5.74, 6) is 0. The zero-order valence-electron chi connectivity index (χ0n) is 11.4. The molecule has 3 rings (SSSR count). The van der Waals surface area contributed by atoms with Crippen molar-refractivity contribution in [2.45, 2.75) is 11.1 Å². The molecule has 0 unspecified atom stereocenters. The lowest BCUT2D eigenvalue weighted by molar-refractivity contribution is 0.603. The smallest absolute Gasteiger partial charge is 0.271 e. The molecular weight excluding hydrogens is 404 g/mol. The largest absolute Gasteiger partial charge is 0.279 e. The van der Waals surface area contributed by atoms with Crippen LogP contribution in [0.15, 0.2) is 49.8 Å². The Morgan fingerprint density at radius 3 is 2.68 bits per heavy atom. The zero-order chi connectivity index (χ0) is 15.7. The van der Waals surface area contributed by atoms with Gasteiger partial charge in [-0.25, -0.2) is 13.4 Å². The molecule has 0 aliphatic heterocycles. The van der Waals surface area contributed by atoms with Crippen LogP contribution in [0.1, 0.15) is 5.01 Å². The molecule has 0 atom stereocenters. The van der Waals surface area contributed by atoms with Crippen LogP contribution in [0.3, 0.4) is 0 Å². The fourth-order valence-electron chi connectivity index (χ4n) is 1.89. The summed E-state index contributed by atoms with van der Waals surface area (Å²) in [4.78, 5) is 4.42. The summed E-state index contributed by atoms with van der Waals surface area (Å²) in [5, 5.41) is 2.93. The minimum Gasteiger partial charge on any atom is -0.279 e. The summed E-state index contributed by atoms with van der Waals surface area (Å²) >= 11 is 6.01. The maximum Gasteiger partial charge on any atom is 0.271 e. The number of sulfonamides is 1. The van der Waals surface area contributed by atoms with Gasteiger partial charge in [0.1, 0.15) is 4.21 Å². The van der Waals surface area contributed by atoms with E-state index in [2.05, 4.69) is 25.6 Å². The molecule has 0 spiro atoms. The first-order valence-electron chi connectivity index (χ1n) is 6.25. The number of thiazole rings is 1. The topological polar surface area (TPSA) is 59.1 Å². The van der Waals surface area contributed by atoms with Crippen molar-refractivity contribution >= 4 is 54.3 Å². The van der Waals surface area contributed by atoms with E-state index < -0.39 is 10.0 Å². The molecule has 4 nitrogen and oxygen atoms in total. The Balaban J connectivity index is 1.90. The standard InChI is InChI=1S/C14H11BrN2O2S3/c1-9-16-12(8-20-9)10-3-2-4-11(7-10)17-22(18,19)14-6-5-13(15)21-14/h2-8,17H,1H3. The van der Waals surface area contributed by atoms with Crippen molar-refractivity contribution in [3.05, 3.63) is 50.6 Å². The van der Waals surface area contributed by atoms with Crippen LogP contribution >= 0.6 is 38.6 Å². The number of nitrogens with zero attached hydrogens (tertiary/aromatic N) is 1. The molecule has 8 heteroatoms. The van der Waals surface area contributed by atoms with E-state index in [0.29, 0.717) is 5.69 Å². The summed E-state index contributed by atoms with van der Waals surface area (Å²) < 4.78 is 28.3. The number of nitrogens with one attached hydrogen (secondary N) is 1. The lowest BCUT2D eigenvalue weighted by Gasteiger charge is -2.07.